The number of oxazole rings is 1. The Bertz CT molecular complexity index is 297. The molecular formula is C4HN3O3. The highest BCUT2D eigenvalue weighted by atomic mass is 16.6. The highest BCUT2D eigenvalue weighted by Gasteiger charge is 2.18. The molecule has 0 fully saturated rings. The number of nitro groups is 1. The van der Waals surface area contributed by atoms with E-state index in [1.807, 2.05) is 0 Å². The van der Waals surface area contributed by atoms with Gasteiger partial charge in [-0.25, -0.2) is 0 Å². The van der Waals surface area contributed by atoms with Crippen molar-refractivity contribution in [1.82, 2.24) is 4.98 Å². The summed E-state index contributed by atoms with van der Waals surface area (Å²) < 4.78 is 4.28. The van der Waals surface area contributed by atoms with Crippen LogP contribution in [0.3, 0.4) is 0 Å². The summed E-state index contributed by atoms with van der Waals surface area (Å²) >= 11 is 0. The van der Waals surface area contributed by atoms with Crippen LogP contribution in [0.1, 0.15) is 5.69 Å². The molecule has 0 saturated heterocycles. The van der Waals surface area contributed by atoms with Crippen molar-refractivity contribution in [2.75, 3.05) is 0 Å². The first-order chi connectivity index (χ1) is 4.75. The van der Waals surface area contributed by atoms with Crippen LogP contribution in [0.15, 0.2) is 10.8 Å². The zero-order valence-corrected chi connectivity index (χ0v) is 4.64. The first-order valence-corrected chi connectivity index (χ1v) is 2.23. The van der Waals surface area contributed by atoms with E-state index in [-0.39, 0.29) is 5.69 Å². The fourth-order valence-corrected chi connectivity index (χ4v) is 0.446. The molecular weight excluding hydrogens is 138 g/mol. The Kier molecular flexibility index (Phi) is 1.33. The molecule has 0 saturated carbocycles. The predicted molar refractivity (Wildman–Crippen MR) is 27.9 cm³/mol. The predicted octanol–water partition coefficient (Wildman–Crippen LogP) is 0.454. The number of nitrogens with zero attached hydrogens (tertiary/aromatic N) is 3. The quantitative estimate of drug-likeness (QED) is 0.416. The smallest absolute Gasteiger partial charge is 0.387 e. The lowest BCUT2D eigenvalue weighted by molar-refractivity contribution is -0.402. The standard InChI is InChI=1S/C4HN3O3/c5-1-3-4(7(8)9)10-2-6-3/h2H. The lowest BCUT2D eigenvalue weighted by atomic mass is 10.5. The van der Waals surface area contributed by atoms with E-state index in [1.54, 1.807) is 0 Å². The zero-order chi connectivity index (χ0) is 7.56. The molecule has 1 aromatic heterocycles. The molecule has 0 bridgehead atoms. The summed E-state index contributed by atoms with van der Waals surface area (Å²) in [4.78, 5) is 12.4. The molecule has 0 aromatic carbocycles. The first kappa shape index (κ1) is 6.22. The molecule has 0 spiro atoms. The van der Waals surface area contributed by atoms with Gasteiger partial charge >= 0.3 is 5.88 Å². The third kappa shape index (κ3) is 0.798. The number of hydrogen-bond acceptors (Lipinski definition) is 5. The summed E-state index contributed by atoms with van der Waals surface area (Å²) in [5.41, 5.74) is -0.301. The van der Waals surface area contributed by atoms with Crippen LogP contribution in [0.4, 0.5) is 5.88 Å². The largest absolute Gasteiger partial charge is 0.471 e. The highest BCUT2D eigenvalue weighted by Crippen LogP contribution is 2.13. The Morgan fingerprint density at radius 1 is 1.90 bits per heavy atom. The summed E-state index contributed by atoms with van der Waals surface area (Å²) in [6.45, 7) is 0. The van der Waals surface area contributed by atoms with Gasteiger partial charge in [-0.2, -0.15) is 10.2 Å². The zero-order valence-electron chi connectivity index (χ0n) is 4.64. The minimum atomic E-state index is -0.800. The molecule has 0 amide bonds. The van der Waals surface area contributed by atoms with Gasteiger partial charge in [-0.3, -0.25) is 10.1 Å². The van der Waals surface area contributed by atoms with Gasteiger partial charge in [0, 0.05) is 0 Å². The maximum absolute atomic E-state index is 9.96. The van der Waals surface area contributed by atoms with Crippen LogP contribution < -0.4 is 0 Å². The number of hydrogen-bond donors (Lipinski definition) is 0. The van der Waals surface area contributed by atoms with Gasteiger partial charge in [-0.05, 0) is 0 Å². The normalized spacial score (nSPS) is 8.70. The first-order valence-electron chi connectivity index (χ1n) is 2.23. The number of aromatic nitrogens is 1. The molecule has 6 nitrogen and oxygen atoms in total. The number of rotatable bonds is 1. The van der Waals surface area contributed by atoms with Crippen LogP contribution in [0.25, 0.3) is 0 Å². The van der Waals surface area contributed by atoms with E-state index < -0.39 is 10.8 Å². The van der Waals surface area contributed by atoms with Gasteiger partial charge in [0.15, 0.2) is 6.39 Å². The molecule has 0 atom stereocenters. The second kappa shape index (κ2) is 2.14. The van der Waals surface area contributed by atoms with Crippen molar-refractivity contribution in [1.29, 1.82) is 5.26 Å². The molecule has 1 aromatic rings. The SMILES string of the molecule is N#Cc1ncoc1[N+](=O)[O-]. The van der Waals surface area contributed by atoms with E-state index in [1.165, 1.54) is 6.07 Å². The Labute approximate surface area is 54.9 Å². The molecule has 6 heteroatoms. The topological polar surface area (TPSA) is 93.0 Å². The minimum absolute atomic E-state index is 0.301. The van der Waals surface area contributed by atoms with Crippen LogP contribution in [0.5, 0.6) is 0 Å². The van der Waals surface area contributed by atoms with Gasteiger partial charge in [0.25, 0.3) is 5.69 Å². The van der Waals surface area contributed by atoms with E-state index in [9.17, 15) is 10.1 Å². The van der Waals surface area contributed by atoms with Gasteiger partial charge in [-0.1, -0.05) is 0 Å². The summed E-state index contributed by atoms with van der Waals surface area (Å²) in [6, 6.07) is 1.51. The Balaban J connectivity index is 3.17. The molecule has 0 N–H and O–H groups in total. The van der Waals surface area contributed by atoms with Crippen molar-refractivity contribution in [3.8, 4) is 6.07 Å². The van der Waals surface area contributed by atoms with Crippen LogP contribution in [0.2, 0.25) is 0 Å². The maximum Gasteiger partial charge on any atom is 0.471 e. The van der Waals surface area contributed by atoms with Crippen molar-refractivity contribution in [3.05, 3.63) is 22.2 Å². The molecule has 1 rings (SSSR count). The monoisotopic (exact) mass is 139 g/mol. The molecule has 10 heavy (non-hydrogen) atoms. The molecule has 0 aliphatic carbocycles. The Hall–Kier alpha value is -1.90. The lowest BCUT2D eigenvalue weighted by Crippen LogP contribution is -1.87. The third-order valence-corrected chi connectivity index (χ3v) is 0.820. The van der Waals surface area contributed by atoms with Gasteiger partial charge < -0.3 is 4.42 Å². The lowest BCUT2D eigenvalue weighted by Gasteiger charge is -1.78. The van der Waals surface area contributed by atoms with Crippen molar-refractivity contribution in [3.63, 3.8) is 0 Å². The van der Waals surface area contributed by atoms with E-state index in [2.05, 4.69) is 9.40 Å². The molecule has 0 aliphatic heterocycles. The van der Waals surface area contributed by atoms with E-state index in [4.69, 9.17) is 5.26 Å². The Morgan fingerprint density at radius 2 is 2.60 bits per heavy atom. The van der Waals surface area contributed by atoms with Crippen LogP contribution in [-0.2, 0) is 0 Å². The van der Waals surface area contributed by atoms with E-state index in [0.717, 1.165) is 6.39 Å². The van der Waals surface area contributed by atoms with Gasteiger partial charge in [-0.15, -0.1) is 0 Å². The summed E-state index contributed by atoms with van der Waals surface area (Å²) in [5, 5.41) is 18.1. The Morgan fingerprint density at radius 3 is 3.00 bits per heavy atom. The van der Waals surface area contributed by atoms with Gasteiger partial charge in [0.1, 0.15) is 11.0 Å². The van der Waals surface area contributed by atoms with Gasteiger partial charge in [0.2, 0.25) is 0 Å². The molecule has 0 radical (unpaired) electrons. The second-order valence-electron chi connectivity index (χ2n) is 1.38. The fraction of sp³-hybridized carbons (Fsp3) is 0. The average Bonchev–Trinajstić information content (AvgIpc) is 2.33. The summed E-state index contributed by atoms with van der Waals surface area (Å²) in [6.07, 6.45) is 0.858. The van der Waals surface area contributed by atoms with Crippen LogP contribution in [-0.4, -0.2) is 9.91 Å². The molecule has 1 heterocycles. The van der Waals surface area contributed by atoms with Crippen molar-refractivity contribution >= 4 is 5.88 Å². The third-order valence-electron chi connectivity index (χ3n) is 0.820. The summed E-state index contributed by atoms with van der Waals surface area (Å²) in [7, 11) is 0. The van der Waals surface area contributed by atoms with E-state index in [0.29, 0.717) is 0 Å². The molecule has 50 valence electrons. The average molecular weight is 139 g/mol. The second-order valence-corrected chi connectivity index (χ2v) is 1.38. The van der Waals surface area contributed by atoms with Crippen molar-refractivity contribution in [2.24, 2.45) is 0 Å². The summed E-state index contributed by atoms with van der Waals surface area (Å²) in [5.74, 6) is -0.609. The number of nitriles is 1. The molecule has 0 aliphatic rings. The van der Waals surface area contributed by atoms with Gasteiger partial charge in [0.05, 0.1) is 0 Å². The van der Waals surface area contributed by atoms with Crippen LogP contribution in [0, 0.1) is 21.4 Å². The van der Waals surface area contributed by atoms with Crippen molar-refractivity contribution in [2.45, 2.75) is 0 Å². The minimum Gasteiger partial charge on any atom is -0.387 e. The van der Waals surface area contributed by atoms with Crippen molar-refractivity contribution < 1.29 is 9.34 Å². The maximum atomic E-state index is 9.96. The van der Waals surface area contributed by atoms with E-state index >= 15 is 0 Å². The van der Waals surface area contributed by atoms with Crippen LogP contribution >= 0.6 is 0 Å². The molecule has 0 unspecified atom stereocenters. The highest BCUT2D eigenvalue weighted by molar-refractivity contribution is 5.32. The fourth-order valence-electron chi connectivity index (χ4n) is 0.446.